The quantitative estimate of drug-likeness (QED) is 0.752. The Morgan fingerprint density at radius 2 is 1.80 bits per heavy atom. The number of benzene rings is 2. The molecule has 0 aliphatic carbocycles. The highest BCUT2D eigenvalue weighted by Crippen LogP contribution is 2.22. The van der Waals surface area contributed by atoms with Crippen molar-refractivity contribution in [3.8, 4) is 0 Å². The van der Waals surface area contributed by atoms with Crippen LogP contribution in [0.3, 0.4) is 0 Å². The normalized spacial score (nSPS) is 10.1. The lowest BCUT2D eigenvalue weighted by molar-refractivity contribution is 0.100. The lowest BCUT2D eigenvalue weighted by Crippen LogP contribution is -2.18. The maximum absolute atomic E-state index is 12.1. The van der Waals surface area contributed by atoms with Crippen LogP contribution in [0.25, 0.3) is 0 Å². The van der Waals surface area contributed by atoms with Crippen LogP contribution in [0.4, 0.5) is 11.4 Å². The number of nitrogens with two attached hydrogens (primary N) is 2. The summed E-state index contributed by atoms with van der Waals surface area (Å²) in [6.07, 6.45) is 0. The minimum Gasteiger partial charge on any atom is -0.398 e. The van der Waals surface area contributed by atoms with E-state index >= 15 is 0 Å². The van der Waals surface area contributed by atoms with Gasteiger partial charge in [-0.1, -0.05) is 12.1 Å². The van der Waals surface area contributed by atoms with Gasteiger partial charge >= 0.3 is 0 Å². The van der Waals surface area contributed by atoms with Crippen molar-refractivity contribution in [2.75, 3.05) is 11.1 Å². The molecule has 2 rings (SSSR count). The molecule has 0 aliphatic rings. The smallest absolute Gasteiger partial charge is 0.255 e. The first-order valence-electron chi connectivity index (χ1n) is 5.74. The van der Waals surface area contributed by atoms with Gasteiger partial charge in [-0.15, -0.1) is 0 Å². The summed E-state index contributed by atoms with van der Waals surface area (Å²) < 4.78 is 0.633. The molecule has 0 radical (unpaired) electrons. The first-order chi connectivity index (χ1) is 9.49. The molecule has 0 fully saturated rings. The van der Waals surface area contributed by atoms with Crippen LogP contribution in [-0.4, -0.2) is 11.8 Å². The maximum atomic E-state index is 12.1. The number of carbonyl (C=O) groups excluding carboxylic acids is 2. The topological polar surface area (TPSA) is 98.2 Å². The molecule has 2 aromatic carbocycles. The molecule has 0 saturated heterocycles. The molecule has 0 aromatic heterocycles. The van der Waals surface area contributed by atoms with Gasteiger partial charge in [0.2, 0.25) is 0 Å². The van der Waals surface area contributed by atoms with Crippen LogP contribution < -0.4 is 16.8 Å². The number of nitrogen functional groups attached to an aromatic ring is 1. The Hall–Kier alpha value is -2.34. The minimum atomic E-state index is -0.598. The molecule has 5 nitrogen and oxygen atoms in total. The van der Waals surface area contributed by atoms with Crippen LogP contribution in [0.2, 0.25) is 0 Å². The highest BCUT2D eigenvalue weighted by molar-refractivity contribution is 9.10. The number of primary amides is 1. The van der Waals surface area contributed by atoms with Gasteiger partial charge in [0.25, 0.3) is 11.8 Å². The van der Waals surface area contributed by atoms with Crippen molar-refractivity contribution in [2.45, 2.75) is 0 Å². The van der Waals surface area contributed by atoms with Gasteiger partial charge in [0.05, 0.1) is 11.3 Å². The molecule has 20 heavy (non-hydrogen) atoms. The van der Waals surface area contributed by atoms with Gasteiger partial charge in [0.1, 0.15) is 0 Å². The lowest BCUT2D eigenvalue weighted by atomic mass is 10.1. The van der Waals surface area contributed by atoms with Crippen LogP contribution in [0.5, 0.6) is 0 Å². The van der Waals surface area contributed by atoms with Gasteiger partial charge in [-0.25, -0.2) is 0 Å². The summed E-state index contributed by atoms with van der Waals surface area (Å²) in [5, 5.41) is 2.65. The van der Waals surface area contributed by atoms with Gasteiger partial charge < -0.3 is 16.8 Å². The first-order valence-corrected chi connectivity index (χ1v) is 6.53. The second kappa shape index (κ2) is 5.75. The Morgan fingerprint density at radius 1 is 1.10 bits per heavy atom. The molecule has 6 heteroatoms. The third-order valence-corrected chi connectivity index (χ3v) is 3.39. The average Bonchev–Trinajstić information content (AvgIpc) is 2.42. The number of rotatable bonds is 3. The Labute approximate surface area is 124 Å². The van der Waals surface area contributed by atoms with E-state index < -0.39 is 5.91 Å². The number of hydrogen-bond donors (Lipinski definition) is 3. The summed E-state index contributed by atoms with van der Waals surface area (Å²) >= 11 is 3.26. The Bertz CT molecular complexity index is 686. The van der Waals surface area contributed by atoms with Crippen molar-refractivity contribution in [2.24, 2.45) is 5.73 Å². The summed E-state index contributed by atoms with van der Waals surface area (Å²) in [4.78, 5) is 23.4. The maximum Gasteiger partial charge on any atom is 0.255 e. The molecule has 0 heterocycles. The minimum absolute atomic E-state index is 0.260. The fraction of sp³-hybridized carbons (Fsp3) is 0. The molecule has 0 unspecified atom stereocenters. The van der Waals surface area contributed by atoms with Gasteiger partial charge in [-0.05, 0) is 46.3 Å². The molecule has 0 aliphatic heterocycles. The second-order valence-electron chi connectivity index (χ2n) is 4.10. The molecule has 0 spiro atoms. The second-order valence-corrected chi connectivity index (χ2v) is 4.95. The van der Waals surface area contributed by atoms with Gasteiger partial charge in [0.15, 0.2) is 0 Å². The largest absolute Gasteiger partial charge is 0.398 e. The third kappa shape index (κ3) is 2.97. The molecule has 0 saturated carbocycles. The summed E-state index contributed by atoms with van der Waals surface area (Å²) in [7, 11) is 0. The first kappa shape index (κ1) is 14.1. The van der Waals surface area contributed by atoms with Crippen molar-refractivity contribution in [1.82, 2.24) is 0 Å². The number of amides is 2. The van der Waals surface area contributed by atoms with E-state index in [9.17, 15) is 9.59 Å². The van der Waals surface area contributed by atoms with Crippen LogP contribution in [0.15, 0.2) is 46.9 Å². The SMILES string of the molecule is NC(=O)c1ccccc1NC(=O)c1ccc(N)c(Br)c1. The number of halogens is 1. The Morgan fingerprint density at radius 3 is 2.45 bits per heavy atom. The zero-order chi connectivity index (χ0) is 14.7. The Kier molecular flexibility index (Phi) is 4.05. The number of nitrogens with one attached hydrogen (secondary N) is 1. The summed E-state index contributed by atoms with van der Waals surface area (Å²) in [6, 6.07) is 11.4. The monoisotopic (exact) mass is 333 g/mol. The molecule has 0 bridgehead atoms. The standard InChI is InChI=1S/C14H12BrN3O2/c15-10-7-8(5-6-11(10)16)14(20)18-12-4-2-1-3-9(12)13(17)19/h1-7H,16H2,(H2,17,19)(H,18,20). The van der Waals surface area contributed by atoms with Crippen LogP contribution in [0.1, 0.15) is 20.7 Å². The highest BCUT2D eigenvalue weighted by atomic mass is 79.9. The molecule has 0 atom stereocenters. The van der Waals surface area contributed by atoms with Gasteiger partial charge in [-0.2, -0.15) is 0 Å². The number of para-hydroxylation sites is 1. The van der Waals surface area contributed by atoms with E-state index in [1.165, 1.54) is 0 Å². The van der Waals surface area contributed by atoms with Crippen LogP contribution in [0, 0.1) is 0 Å². The Balaban J connectivity index is 2.28. The third-order valence-electron chi connectivity index (χ3n) is 2.70. The average molecular weight is 334 g/mol. The van der Waals surface area contributed by atoms with Crippen LogP contribution >= 0.6 is 15.9 Å². The van der Waals surface area contributed by atoms with E-state index in [1.54, 1.807) is 42.5 Å². The fourth-order valence-corrected chi connectivity index (χ4v) is 2.05. The van der Waals surface area contributed by atoms with Gasteiger partial charge in [-0.3, -0.25) is 9.59 Å². The van der Waals surface area contributed by atoms with Crippen molar-refractivity contribution >= 4 is 39.1 Å². The van der Waals surface area contributed by atoms with Crippen molar-refractivity contribution < 1.29 is 9.59 Å². The van der Waals surface area contributed by atoms with Crippen molar-refractivity contribution in [3.63, 3.8) is 0 Å². The molecular formula is C14H12BrN3O2. The molecule has 2 amide bonds. The van der Waals surface area contributed by atoms with E-state index in [1.807, 2.05) is 0 Å². The van der Waals surface area contributed by atoms with E-state index in [-0.39, 0.29) is 11.5 Å². The number of anilines is 2. The van der Waals surface area contributed by atoms with E-state index in [0.29, 0.717) is 21.4 Å². The molecular weight excluding hydrogens is 322 g/mol. The van der Waals surface area contributed by atoms with Gasteiger partial charge in [0, 0.05) is 15.7 Å². The zero-order valence-corrected chi connectivity index (χ0v) is 12.0. The summed E-state index contributed by atoms with van der Waals surface area (Å²) in [5.41, 5.74) is 12.5. The molecule has 5 N–H and O–H groups in total. The predicted octanol–water partition coefficient (Wildman–Crippen LogP) is 2.38. The predicted molar refractivity (Wildman–Crippen MR) is 81.5 cm³/mol. The van der Waals surface area contributed by atoms with Crippen LogP contribution in [-0.2, 0) is 0 Å². The molecule has 2 aromatic rings. The van der Waals surface area contributed by atoms with E-state index in [0.717, 1.165) is 0 Å². The summed E-state index contributed by atoms with van der Waals surface area (Å²) in [5.74, 6) is -0.946. The lowest BCUT2D eigenvalue weighted by Gasteiger charge is -2.09. The fourth-order valence-electron chi connectivity index (χ4n) is 1.67. The highest BCUT2D eigenvalue weighted by Gasteiger charge is 2.12. The van der Waals surface area contributed by atoms with E-state index in [4.69, 9.17) is 11.5 Å². The summed E-state index contributed by atoms with van der Waals surface area (Å²) in [6.45, 7) is 0. The zero-order valence-electron chi connectivity index (χ0n) is 10.4. The number of carbonyl (C=O) groups is 2. The molecule has 102 valence electrons. The van der Waals surface area contributed by atoms with E-state index in [2.05, 4.69) is 21.2 Å². The number of hydrogen-bond acceptors (Lipinski definition) is 3. The van der Waals surface area contributed by atoms with Crippen molar-refractivity contribution in [3.05, 3.63) is 58.1 Å². The van der Waals surface area contributed by atoms with Crippen molar-refractivity contribution in [1.29, 1.82) is 0 Å².